The van der Waals surface area contributed by atoms with Crippen LogP contribution in [-0.4, -0.2) is 39.3 Å². The van der Waals surface area contributed by atoms with Crippen LogP contribution in [0.5, 0.6) is 0 Å². The molecule has 2 aromatic heterocycles. The number of pyridine rings is 2. The third-order valence-electron chi connectivity index (χ3n) is 3.33. The van der Waals surface area contributed by atoms with Crippen LogP contribution in [0.25, 0.3) is 8.72 Å². The van der Waals surface area contributed by atoms with Gasteiger partial charge in [-0.15, -0.1) is 0 Å². The SMILES string of the molecule is C[As]1C=C(c2ccncc2)[As](C)C(c2ccncc2)=C1. The third-order valence-corrected chi connectivity index (χ3v) is 12.7. The first-order valence-corrected chi connectivity index (χ1v) is 14.3. The Bertz CT molecular complexity index is 593. The van der Waals surface area contributed by atoms with Crippen LogP contribution in [0.15, 0.2) is 58.8 Å². The van der Waals surface area contributed by atoms with E-state index in [-0.39, 0.29) is 0 Å². The normalized spacial score (nSPS) is 22.1. The van der Waals surface area contributed by atoms with E-state index in [0.29, 0.717) is 0 Å². The van der Waals surface area contributed by atoms with Crippen molar-refractivity contribution >= 4 is 38.0 Å². The monoisotopic (exact) mass is 386 g/mol. The predicted molar refractivity (Wildman–Crippen MR) is 87.7 cm³/mol. The Hall–Kier alpha value is -1.10. The number of aromatic nitrogens is 2. The maximum atomic E-state index is 4.14. The van der Waals surface area contributed by atoms with Gasteiger partial charge in [0, 0.05) is 0 Å². The zero-order valence-corrected chi connectivity index (χ0v) is 15.3. The Balaban J connectivity index is 2.00. The number of nitrogens with zero attached hydrogens (tertiary/aromatic N) is 2. The molecular weight excluding hydrogens is 370 g/mol. The van der Waals surface area contributed by atoms with Crippen molar-refractivity contribution in [1.29, 1.82) is 0 Å². The average molecular weight is 386 g/mol. The van der Waals surface area contributed by atoms with Gasteiger partial charge in [-0.05, 0) is 0 Å². The van der Waals surface area contributed by atoms with Gasteiger partial charge >= 0.3 is 129 Å². The van der Waals surface area contributed by atoms with Gasteiger partial charge in [0.2, 0.25) is 0 Å². The first kappa shape index (κ1) is 13.9. The summed E-state index contributed by atoms with van der Waals surface area (Å²) in [6.07, 6.45) is 7.59. The van der Waals surface area contributed by atoms with E-state index in [2.05, 4.69) is 55.4 Å². The van der Waals surface area contributed by atoms with Gasteiger partial charge in [0.05, 0.1) is 0 Å². The van der Waals surface area contributed by atoms with Crippen molar-refractivity contribution in [2.75, 3.05) is 0 Å². The van der Waals surface area contributed by atoms with Gasteiger partial charge in [0.25, 0.3) is 0 Å². The van der Waals surface area contributed by atoms with Crippen LogP contribution in [0, 0.1) is 0 Å². The minimum atomic E-state index is -1.19. The molecule has 4 heteroatoms. The molecule has 0 radical (unpaired) electrons. The molecule has 100 valence electrons. The third kappa shape index (κ3) is 2.82. The van der Waals surface area contributed by atoms with E-state index in [1.54, 1.807) is 8.72 Å². The van der Waals surface area contributed by atoms with Crippen molar-refractivity contribution in [2.24, 2.45) is 0 Å². The zero-order valence-electron chi connectivity index (χ0n) is 11.6. The van der Waals surface area contributed by atoms with Crippen LogP contribution in [0.2, 0.25) is 11.4 Å². The van der Waals surface area contributed by atoms with Crippen molar-refractivity contribution in [2.45, 2.75) is 11.4 Å². The van der Waals surface area contributed by atoms with Crippen LogP contribution >= 0.6 is 0 Å². The van der Waals surface area contributed by atoms with Gasteiger partial charge in [0.1, 0.15) is 0 Å². The van der Waals surface area contributed by atoms with Crippen molar-refractivity contribution in [3.63, 3.8) is 0 Å². The van der Waals surface area contributed by atoms with Crippen molar-refractivity contribution in [1.82, 2.24) is 9.97 Å². The van der Waals surface area contributed by atoms with Crippen LogP contribution in [-0.2, 0) is 0 Å². The first-order valence-electron chi connectivity index (χ1n) is 6.46. The molecule has 1 aliphatic heterocycles. The van der Waals surface area contributed by atoms with Gasteiger partial charge in [0.15, 0.2) is 0 Å². The Kier molecular flexibility index (Phi) is 4.24. The summed E-state index contributed by atoms with van der Waals surface area (Å²) in [6.45, 7) is 0. The second kappa shape index (κ2) is 6.12. The second-order valence-corrected chi connectivity index (χ2v) is 13.0. The summed E-state index contributed by atoms with van der Waals surface area (Å²) in [7, 11) is 0. The predicted octanol–water partition coefficient (Wildman–Crippen LogP) is 3.36. The molecular formula is C16H16As2N2. The maximum absolute atomic E-state index is 4.14. The number of rotatable bonds is 2. The van der Waals surface area contributed by atoms with Crippen LogP contribution in [0.1, 0.15) is 11.1 Å². The molecule has 0 spiro atoms. The molecule has 3 heterocycles. The first-order chi connectivity index (χ1) is 9.75. The summed E-state index contributed by atoms with van der Waals surface area (Å²) in [4.78, 5) is 13.4. The summed E-state index contributed by atoms with van der Waals surface area (Å²) in [5, 5.41) is 0. The van der Waals surface area contributed by atoms with E-state index in [1.807, 2.05) is 24.8 Å². The molecule has 0 amide bonds. The molecule has 20 heavy (non-hydrogen) atoms. The molecule has 0 bridgehead atoms. The molecule has 0 fully saturated rings. The topological polar surface area (TPSA) is 25.8 Å². The fraction of sp³-hybridized carbons (Fsp3) is 0.125. The molecule has 0 saturated carbocycles. The quantitative estimate of drug-likeness (QED) is 0.740. The summed E-state index contributed by atoms with van der Waals surface area (Å²) >= 11 is -2.18. The summed E-state index contributed by atoms with van der Waals surface area (Å²) in [6, 6.07) is 8.59. The molecule has 1 aliphatic rings. The second-order valence-electron chi connectivity index (χ2n) is 4.72. The molecule has 0 aliphatic carbocycles. The number of hydrogen-bond acceptors (Lipinski definition) is 2. The Labute approximate surface area is 129 Å². The Morgan fingerprint density at radius 2 is 1.10 bits per heavy atom. The minimum absolute atomic E-state index is 0.987. The van der Waals surface area contributed by atoms with E-state index >= 15 is 0 Å². The van der Waals surface area contributed by atoms with Crippen molar-refractivity contribution in [3.05, 3.63) is 69.9 Å². The Morgan fingerprint density at radius 1 is 0.700 bits per heavy atom. The zero-order chi connectivity index (χ0) is 13.9. The van der Waals surface area contributed by atoms with Crippen LogP contribution < -0.4 is 0 Å². The standard InChI is InChI=1S/C16H16As2N2/c1-17-11-15(13-3-7-19-8-4-13)18(2)16(12-17)14-5-9-20-10-6-14/h3-12H,1-2H3. The Morgan fingerprint density at radius 3 is 1.50 bits per heavy atom. The van der Waals surface area contributed by atoms with Crippen LogP contribution in [0.4, 0.5) is 0 Å². The molecule has 0 unspecified atom stereocenters. The van der Waals surface area contributed by atoms with Crippen molar-refractivity contribution in [3.8, 4) is 0 Å². The molecule has 0 saturated heterocycles. The summed E-state index contributed by atoms with van der Waals surface area (Å²) in [5.74, 6) is 0. The van der Waals surface area contributed by atoms with Gasteiger partial charge in [-0.1, -0.05) is 0 Å². The van der Waals surface area contributed by atoms with E-state index in [0.717, 1.165) is 0 Å². The molecule has 2 aromatic rings. The van der Waals surface area contributed by atoms with Crippen molar-refractivity contribution < 1.29 is 0 Å². The van der Waals surface area contributed by atoms with Gasteiger partial charge in [-0.25, -0.2) is 0 Å². The van der Waals surface area contributed by atoms with E-state index in [1.165, 1.54) is 11.1 Å². The number of hydrogen-bond donors (Lipinski definition) is 0. The van der Waals surface area contributed by atoms with Gasteiger partial charge < -0.3 is 0 Å². The summed E-state index contributed by atoms with van der Waals surface area (Å²) < 4.78 is 3.19. The molecule has 0 N–H and O–H groups in total. The summed E-state index contributed by atoms with van der Waals surface area (Å²) in [5.41, 5.74) is 7.57. The van der Waals surface area contributed by atoms with Gasteiger partial charge in [-0.3, -0.25) is 0 Å². The van der Waals surface area contributed by atoms with Crippen LogP contribution in [0.3, 0.4) is 0 Å². The van der Waals surface area contributed by atoms with Gasteiger partial charge in [-0.2, -0.15) is 0 Å². The van der Waals surface area contributed by atoms with E-state index in [9.17, 15) is 0 Å². The molecule has 2 nitrogen and oxygen atoms in total. The molecule has 0 atom stereocenters. The molecule has 0 aromatic carbocycles. The fourth-order valence-electron chi connectivity index (χ4n) is 2.31. The van der Waals surface area contributed by atoms with E-state index < -0.39 is 29.3 Å². The fourth-order valence-corrected chi connectivity index (χ4v) is 16.0. The average Bonchev–Trinajstić information content (AvgIpc) is 2.51. The molecule has 3 rings (SSSR count). The van der Waals surface area contributed by atoms with E-state index in [4.69, 9.17) is 0 Å².